The molecule has 0 heterocycles. The molecule has 0 fully saturated rings. The van der Waals surface area contributed by atoms with Gasteiger partial charge in [-0.05, 0) is 19.3 Å². The molecule has 0 N–H and O–H groups in total. The van der Waals surface area contributed by atoms with E-state index in [4.69, 9.17) is 0 Å². The molecule has 1 rings (SSSR count). The summed E-state index contributed by atoms with van der Waals surface area (Å²) >= 11 is 0. The molecular formula is C16H24O3. The summed E-state index contributed by atoms with van der Waals surface area (Å²) in [5.74, 6) is 0.106. The monoisotopic (exact) mass is 264 g/mol. The van der Waals surface area contributed by atoms with Crippen LogP contribution in [0, 0.1) is 11.8 Å². The molecule has 0 radical (unpaired) electrons. The Morgan fingerprint density at radius 3 is 2.53 bits per heavy atom. The number of ether oxygens (including phenoxy) is 1. The van der Waals surface area contributed by atoms with Gasteiger partial charge in [-0.15, -0.1) is 0 Å². The second kappa shape index (κ2) is 8.68. The van der Waals surface area contributed by atoms with Crippen molar-refractivity contribution in [1.82, 2.24) is 0 Å². The van der Waals surface area contributed by atoms with E-state index in [2.05, 4.69) is 4.74 Å². The molecule has 0 aromatic heterocycles. The van der Waals surface area contributed by atoms with Crippen LogP contribution >= 0.6 is 0 Å². The summed E-state index contributed by atoms with van der Waals surface area (Å²) in [5.41, 5.74) is 0. The smallest absolute Gasteiger partial charge is 0.308 e. The van der Waals surface area contributed by atoms with Gasteiger partial charge in [-0.1, -0.05) is 44.1 Å². The number of rotatable bonds is 8. The zero-order valence-electron chi connectivity index (χ0n) is 11.9. The van der Waals surface area contributed by atoms with E-state index in [1.165, 1.54) is 7.11 Å². The van der Waals surface area contributed by atoms with Gasteiger partial charge in [0.1, 0.15) is 5.78 Å². The normalized spacial score (nSPS) is 16.3. The number of carbonyl (C=O) groups is 2. The molecule has 3 nitrogen and oxygen atoms in total. The van der Waals surface area contributed by atoms with Crippen LogP contribution in [-0.4, -0.2) is 18.9 Å². The number of Topliss-reactive ketones (excluding diaryl/α,β-unsaturated/α-hetero) is 1. The third-order valence-electron chi connectivity index (χ3n) is 3.49. The molecule has 1 aliphatic rings. The summed E-state index contributed by atoms with van der Waals surface area (Å²) in [6.07, 6.45) is 13.3. The maximum atomic E-state index is 11.9. The third kappa shape index (κ3) is 5.86. The first-order valence-corrected chi connectivity index (χ1v) is 7.09. The van der Waals surface area contributed by atoms with E-state index < -0.39 is 0 Å². The molecule has 1 unspecified atom stereocenters. The largest absolute Gasteiger partial charge is 0.469 e. The highest BCUT2D eigenvalue weighted by molar-refractivity contribution is 5.84. The number of unbranched alkanes of at least 4 members (excludes halogenated alkanes) is 2. The van der Waals surface area contributed by atoms with Gasteiger partial charge in [0.25, 0.3) is 0 Å². The lowest BCUT2D eigenvalue weighted by atomic mass is 9.94. The number of hydrogen-bond donors (Lipinski definition) is 0. The second-order valence-corrected chi connectivity index (χ2v) is 5.11. The number of methoxy groups -OCH3 is 1. The van der Waals surface area contributed by atoms with Gasteiger partial charge >= 0.3 is 5.97 Å². The Kier molecular flexibility index (Phi) is 7.16. The Bertz CT molecular complexity index is 343. The van der Waals surface area contributed by atoms with E-state index in [1.54, 1.807) is 0 Å². The molecule has 0 aliphatic heterocycles. The van der Waals surface area contributed by atoms with Crippen molar-refractivity contribution >= 4 is 11.8 Å². The molecule has 1 aliphatic carbocycles. The standard InChI is InChI=1S/C16H24O3/c1-13(16(18)19-2)9-5-3-8-12-15(17)14-10-6-4-7-11-14/h6-7,10-11,13-14H,3-5,8-9,12H2,1-2H3. The molecule has 0 saturated carbocycles. The predicted molar refractivity (Wildman–Crippen MR) is 75.7 cm³/mol. The first-order chi connectivity index (χ1) is 9.15. The van der Waals surface area contributed by atoms with Gasteiger partial charge in [0, 0.05) is 6.42 Å². The van der Waals surface area contributed by atoms with E-state index in [9.17, 15) is 9.59 Å². The number of ketones is 1. The molecule has 106 valence electrons. The predicted octanol–water partition coefficient (Wildman–Crippen LogP) is 3.45. The molecule has 0 aromatic rings. The zero-order valence-corrected chi connectivity index (χ0v) is 11.9. The lowest BCUT2D eigenvalue weighted by Gasteiger charge is -2.10. The maximum Gasteiger partial charge on any atom is 0.308 e. The minimum Gasteiger partial charge on any atom is -0.469 e. The lowest BCUT2D eigenvalue weighted by molar-refractivity contribution is -0.145. The van der Waals surface area contributed by atoms with Crippen LogP contribution in [0.15, 0.2) is 24.3 Å². The van der Waals surface area contributed by atoms with E-state index in [0.29, 0.717) is 12.2 Å². The van der Waals surface area contributed by atoms with E-state index in [-0.39, 0.29) is 17.8 Å². The van der Waals surface area contributed by atoms with Crippen LogP contribution in [0.4, 0.5) is 0 Å². The van der Waals surface area contributed by atoms with Crippen molar-refractivity contribution in [3.05, 3.63) is 24.3 Å². The summed E-state index contributed by atoms with van der Waals surface area (Å²) in [6, 6.07) is 0. The van der Waals surface area contributed by atoms with Crippen LogP contribution in [-0.2, 0) is 14.3 Å². The minimum atomic E-state index is -0.145. The first-order valence-electron chi connectivity index (χ1n) is 7.09. The molecule has 1 atom stereocenters. The van der Waals surface area contributed by atoms with Gasteiger partial charge in [-0.2, -0.15) is 0 Å². The van der Waals surface area contributed by atoms with Crippen LogP contribution in [0.2, 0.25) is 0 Å². The molecule has 0 spiro atoms. The number of esters is 1. The van der Waals surface area contributed by atoms with Gasteiger partial charge in [0.15, 0.2) is 0 Å². The summed E-state index contributed by atoms with van der Waals surface area (Å²) < 4.78 is 4.68. The van der Waals surface area contributed by atoms with Crippen LogP contribution in [0.5, 0.6) is 0 Å². The Labute approximate surface area is 115 Å². The highest BCUT2D eigenvalue weighted by Gasteiger charge is 2.14. The average molecular weight is 264 g/mol. The number of carbonyl (C=O) groups excluding carboxylic acids is 2. The SMILES string of the molecule is COC(=O)C(C)CCCCCC(=O)C1C=CCC=C1. The highest BCUT2D eigenvalue weighted by atomic mass is 16.5. The van der Waals surface area contributed by atoms with Gasteiger partial charge in [-0.25, -0.2) is 0 Å². The third-order valence-corrected chi connectivity index (χ3v) is 3.49. The van der Waals surface area contributed by atoms with E-state index in [1.807, 2.05) is 31.2 Å². The molecule has 0 saturated heterocycles. The van der Waals surface area contributed by atoms with Crippen molar-refractivity contribution in [2.45, 2.75) is 45.4 Å². The number of hydrogen-bond acceptors (Lipinski definition) is 3. The molecule has 19 heavy (non-hydrogen) atoms. The van der Waals surface area contributed by atoms with Crippen molar-refractivity contribution < 1.29 is 14.3 Å². The fourth-order valence-corrected chi connectivity index (χ4v) is 2.22. The molecule has 3 heteroatoms. The Morgan fingerprint density at radius 1 is 1.21 bits per heavy atom. The Hall–Kier alpha value is -1.38. The Morgan fingerprint density at radius 2 is 1.89 bits per heavy atom. The summed E-state index contributed by atoms with van der Waals surface area (Å²) in [5, 5.41) is 0. The lowest BCUT2D eigenvalue weighted by Crippen LogP contribution is -2.13. The van der Waals surface area contributed by atoms with Crippen molar-refractivity contribution in [2.75, 3.05) is 7.11 Å². The summed E-state index contributed by atoms with van der Waals surface area (Å²) in [7, 11) is 1.42. The quantitative estimate of drug-likeness (QED) is 0.383. The fraction of sp³-hybridized carbons (Fsp3) is 0.625. The fourth-order valence-electron chi connectivity index (χ4n) is 2.22. The molecule has 0 amide bonds. The molecule has 0 bridgehead atoms. The van der Waals surface area contributed by atoms with Crippen molar-refractivity contribution in [3.8, 4) is 0 Å². The summed E-state index contributed by atoms with van der Waals surface area (Å²) in [4.78, 5) is 23.1. The van der Waals surface area contributed by atoms with Gasteiger partial charge in [0.05, 0.1) is 18.9 Å². The topological polar surface area (TPSA) is 43.4 Å². The summed E-state index contributed by atoms with van der Waals surface area (Å²) in [6.45, 7) is 1.88. The van der Waals surface area contributed by atoms with Crippen LogP contribution < -0.4 is 0 Å². The minimum absolute atomic E-state index is 0.0113. The van der Waals surface area contributed by atoms with Gasteiger partial charge in [0.2, 0.25) is 0 Å². The zero-order chi connectivity index (χ0) is 14.1. The maximum absolute atomic E-state index is 11.9. The van der Waals surface area contributed by atoms with Gasteiger partial charge < -0.3 is 4.74 Å². The molecular weight excluding hydrogens is 240 g/mol. The average Bonchev–Trinajstić information content (AvgIpc) is 2.46. The van der Waals surface area contributed by atoms with Crippen LogP contribution in [0.3, 0.4) is 0 Å². The van der Waals surface area contributed by atoms with Crippen molar-refractivity contribution in [1.29, 1.82) is 0 Å². The van der Waals surface area contributed by atoms with E-state index >= 15 is 0 Å². The Balaban J connectivity index is 2.09. The second-order valence-electron chi connectivity index (χ2n) is 5.11. The van der Waals surface area contributed by atoms with Crippen LogP contribution in [0.1, 0.15) is 45.4 Å². The van der Waals surface area contributed by atoms with Gasteiger partial charge in [-0.3, -0.25) is 9.59 Å². The van der Waals surface area contributed by atoms with Crippen molar-refractivity contribution in [3.63, 3.8) is 0 Å². The molecule has 0 aromatic carbocycles. The van der Waals surface area contributed by atoms with Crippen LogP contribution in [0.25, 0.3) is 0 Å². The first kappa shape index (κ1) is 15.7. The van der Waals surface area contributed by atoms with E-state index in [0.717, 1.165) is 32.1 Å². The highest BCUT2D eigenvalue weighted by Crippen LogP contribution is 2.16. The van der Waals surface area contributed by atoms with Crippen molar-refractivity contribution in [2.24, 2.45) is 11.8 Å². The number of allylic oxidation sites excluding steroid dienone is 4.